The van der Waals surface area contributed by atoms with Gasteiger partial charge in [0.05, 0.1) is 0 Å². The Balaban J connectivity index is 1.53. The van der Waals surface area contributed by atoms with Gasteiger partial charge >= 0.3 is 0 Å². The fourth-order valence-corrected chi connectivity index (χ4v) is 3.85. The molecule has 1 aliphatic carbocycles. The van der Waals surface area contributed by atoms with E-state index in [1.165, 1.54) is 0 Å². The van der Waals surface area contributed by atoms with Gasteiger partial charge in [0.2, 0.25) is 5.91 Å². The van der Waals surface area contributed by atoms with Crippen molar-refractivity contribution in [3.63, 3.8) is 0 Å². The first kappa shape index (κ1) is 15.4. The Labute approximate surface area is 140 Å². The second kappa shape index (κ2) is 5.43. The molecule has 0 radical (unpaired) electrons. The van der Waals surface area contributed by atoms with Gasteiger partial charge in [-0.3, -0.25) is 14.4 Å². The van der Waals surface area contributed by atoms with Crippen LogP contribution >= 0.6 is 0 Å². The average molecular weight is 330 g/mol. The summed E-state index contributed by atoms with van der Waals surface area (Å²) in [6.45, 7) is 4.39. The zero-order valence-electron chi connectivity index (χ0n) is 13.9. The summed E-state index contributed by atoms with van der Waals surface area (Å²) in [4.78, 5) is 42.0. The van der Waals surface area contributed by atoms with Crippen LogP contribution in [0.4, 0.5) is 0 Å². The van der Waals surface area contributed by atoms with Gasteiger partial charge in [-0.05, 0) is 25.2 Å². The van der Waals surface area contributed by atoms with E-state index in [9.17, 15) is 14.4 Å². The van der Waals surface area contributed by atoms with Crippen LogP contribution in [0.25, 0.3) is 0 Å². The predicted molar refractivity (Wildman–Crippen MR) is 86.6 cm³/mol. The van der Waals surface area contributed by atoms with E-state index in [4.69, 9.17) is 0 Å². The number of aromatic nitrogens is 2. The maximum atomic E-state index is 12.2. The summed E-state index contributed by atoms with van der Waals surface area (Å²) < 4.78 is 1.93. The summed E-state index contributed by atoms with van der Waals surface area (Å²) in [6.07, 6.45) is 5.55. The van der Waals surface area contributed by atoms with Crippen molar-refractivity contribution in [1.29, 1.82) is 0 Å². The third-order valence-electron chi connectivity index (χ3n) is 5.49. The molecule has 7 nitrogen and oxygen atoms in total. The first-order valence-corrected chi connectivity index (χ1v) is 8.60. The molecule has 1 N–H and O–H groups in total. The molecule has 2 amide bonds. The quantitative estimate of drug-likeness (QED) is 0.857. The van der Waals surface area contributed by atoms with E-state index in [-0.39, 0.29) is 22.8 Å². The molecule has 1 saturated heterocycles. The molecule has 1 aromatic rings. The number of carbonyl (C=O) groups excluding carboxylic acids is 2. The number of hydrogen-bond acceptors (Lipinski definition) is 4. The number of likely N-dealkylation sites (tertiary alicyclic amines) is 1. The molecule has 1 atom stereocenters. The molecule has 0 aromatic carbocycles. The van der Waals surface area contributed by atoms with Gasteiger partial charge in [-0.2, -0.15) is 4.98 Å². The topological polar surface area (TPSA) is 84.3 Å². The van der Waals surface area contributed by atoms with E-state index < -0.39 is 5.56 Å². The molecule has 128 valence electrons. The van der Waals surface area contributed by atoms with Crippen LogP contribution in [0.3, 0.4) is 0 Å². The van der Waals surface area contributed by atoms with Crippen molar-refractivity contribution in [2.75, 3.05) is 19.6 Å². The van der Waals surface area contributed by atoms with E-state index in [0.717, 1.165) is 31.6 Å². The summed E-state index contributed by atoms with van der Waals surface area (Å²) in [7, 11) is 0. The molecule has 24 heavy (non-hydrogen) atoms. The van der Waals surface area contributed by atoms with Gasteiger partial charge in [-0.15, -0.1) is 0 Å². The SMILES string of the molecule is CC(=O)N1CC[C@]2(Cc3nc(=O)c(C(=O)NCC4CC4)cn3C2)C1. The maximum Gasteiger partial charge on any atom is 0.285 e. The Hall–Kier alpha value is -2.18. The second-order valence-electron chi connectivity index (χ2n) is 7.52. The third-order valence-corrected chi connectivity index (χ3v) is 5.49. The van der Waals surface area contributed by atoms with Crippen molar-refractivity contribution in [2.24, 2.45) is 11.3 Å². The van der Waals surface area contributed by atoms with Crippen molar-refractivity contribution in [3.05, 3.63) is 27.9 Å². The van der Waals surface area contributed by atoms with Crippen LogP contribution in [0, 0.1) is 11.3 Å². The number of carbonyl (C=O) groups is 2. The number of fused-ring (bicyclic) bond motifs is 1. The molecule has 7 heteroatoms. The van der Waals surface area contributed by atoms with Crippen molar-refractivity contribution in [2.45, 2.75) is 39.2 Å². The van der Waals surface area contributed by atoms with Gasteiger partial charge in [0.1, 0.15) is 11.4 Å². The molecule has 4 rings (SSSR count). The Bertz CT molecular complexity index is 768. The minimum atomic E-state index is -0.451. The van der Waals surface area contributed by atoms with Crippen LogP contribution < -0.4 is 10.9 Å². The van der Waals surface area contributed by atoms with E-state index in [2.05, 4.69) is 10.3 Å². The average Bonchev–Trinajstić information content (AvgIpc) is 3.18. The maximum absolute atomic E-state index is 12.2. The van der Waals surface area contributed by atoms with Gasteiger partial charge in [0.15, 0.2) is 0 Å². The fraction of sp³-hybridized carbons (Fsp3) is 0.647. The zero-order valence-corrected chi connectivity index (χ0v) is 13.9. The molecule has 1 saturated carbocycles. The van der Waals surface area contributed by atoms with Crippen molar-refractivity contribution >= 4 is 11.8 Å². The lowest BCUT2D eigenvalue weighted by atomic mass is 9.86. The summed E-state index contributed by atoms with van der Waals surface area (Å²) >= 11 is 0. The first-order chi connectivity index (χ1) is 11.5. The number of hydrogen-bond donors (Lipinski definition) is 1. The van der Waals surface area contributed by atoms with Crippen molar-refractivity contribution in [1.82, 2.24) is 19.8 Å². The molecule has 2 fully saturated rings. The highest BCUT2D eigenvalue weighted by Crippen LogP contribution is 2.39. The fourth-order valence-electron chi connectivity index (χ4n) is 3.85. The van der Waals surface area contributed by atoms with Gasteiger partial charge in [0, 0.05) is 51.1 Å². The second-order valence-corrected chi connectivity index (χ2v) is 7.52. The molecule has 1 aromatic heterocycles. The standard InChI is InChI=1S/C17H22N4O3/c1-11(22)20-5-4-17(9-20)6-14-19-16(24)13(8-21(14)10-17)15(23)18-7-12-2-3-12/h8,12H,2-7,9-10H2,1H3,(H,18,23)/t17-/m0/s1. The minimum absolute atomic E-state index is 0.0405. The lowest BCUT2D eigenvalue weighted by Crippen LogP contribution is -2.32. The normalized spacial score (nSPS) is 25.1. The predicted octanol–water partition coefficient (Wildman–Crippen LogP) is 0.178. The Kier molecular flexibility index (Phi) is 3.47. The van der Waals surface area contributed by atoms with E-state index in [1.54, 1.807) is 13.1 Å². The molecule has 0 unspecified atom stereocenters. The highest BCUT2D eigenvalue weighted by Gasteiger charge is 2.44. The van der Waals surface area contributed by atoms with Crippen LogP contribution in [0.5, 0.6) is 0 Å². The molecule has 2 aliphatic heterocycles. The Morgan fingerprint density at radius 3 is 2.83 bits per heavy atom. The highest BCUT2D eigenvalue weighted by atomic mass is 16.2. The molecule has 3 aliphatic rings. The van der Waals surface area contributed by atoms with E-state index in [0.29, 0.717) is 32.0 Å². The Morgan fingerprint density at radius 2 is 2.17 bits per heavy atom. The summed E-state index contributed by atoms with van der Waals surface area (Å²) in [6, 6.07) is 0. The van der Waals surface area contributed by atoms with Crippen LogP contribution in [-0.4, -0.2) is 45.9 Å². The number of nitrogens with zero attached hydrogens (tertiary/aromatic N) is 3. The monoisotopic (exact) mass is 330 g/mol. The zero-order chi connectivity index (χ0) is 16.9. The lowest BCUT2D eigenvalue weighted by molar-refractivity contribution is -0.128. The van der Waals surface area contributed by atoms with Crippen molar-refractivity contribution in [3.8, 4) is 0 Å². The van der Waals surface area contributed by atoms with E-state index in [1.807, 2.05) is 9.47 Å². The summed E-state index contributed by atoms with van der Waals surface area (Å²) in [5.74, 6) is 1.06. The third kappa shape index (κ3) is 2.72. The summed E-state index contributed by atoms with van der Waals surface area (Å²) in [5, 5.41) is 2.83. The van der Waals surface area contributed by atoms with Gasteiger partial charge in [0.25, 0.3) is 11.5 Å². The minimum Gasteiger partial charge on any atom is -0.352 e. The van der Waals surface area contributed by atoms with Crippen LogP contribution in [0.15, 0.2) is 11.0 Å². The number of rotatable bonds is 3. The van der Waals surface area contributed by atoms with Gasteiger partial charge < -0.3 is 14.8 Å². The summed E-state index contributed by atoms with van der Waals surface area (Å²) in [5.41, 5.74) is -0.368. The van der Waals surface area contributed by atoms with Gasteiger partial charge in [-0.25, -0.2) is 0 Å². The molecule has 0 bridgehead atoms. The van der Waals surface area contributed by atoms with Crippen LogP contribution in [0.2, 0.25) is 0 Å². The molecular formula is C17H22N4O3. The van der Waals surface area contributed by atoms with E-state index >= 15 is 0 Å². The molecular weight excluding hydrogens is 308 g/mol. The van der Waals surface area contributed by atoms with Crippen LogP contribution in [0.1, 0.15) is 42.4 Å². The largest absolute Gasteiger partial charge is 0.352 e. The highest BCUT2D eigenvalue weighted by molar-refractivity contribution is 5.93. The van der Waals surface area contributed by atoms with Gasteiger partial charge in [-0.1, -0.05) is 0 Å². The first-order valence-electron chi connectivity index (χ1n) is 8.60. The molecule has 3 heterocycles. The van der Waals surface area contributed by atoms with Crippen molar-refractivity contribution < 1.29 is 9.59 Å². The molecule has 1 spiro atoms. The lowest BCUT2D eigenvalue weighted by Gasteiger charge is -2.22. The Morgan fingerprint density at radius 1 is 1.38 bits per heavy atom. The van der Waals surface area contributed by atoms with Crippen LogP contribution in [-0.2, 0) is 17.8 Å². The number of amides is 2. The number of nitrogens with one attached hydrogen (secondary N) is 1. The smallest absolute Gasteiger partial charge is 0.285 e.